The summed E-state index contributed by atoms with van der Waals surface area (Å²) in [4.78, 5) is 11.4. The molecule has 1 aromatic carbocycles. The van der Waals surface area contributed by atoms with E-state index in [4.69, 9.17) is 14.4 Å². The van der Waals surface area contributed by atoms with Gasteiger partial charge in [-0.3, -0.25) is 4.55 Å². The number of carbonyl (C=O) groups excluding carboxylic acids is 1. The van der Waals surface area contributed by atoms with Gasteiger partial charge in [-0.1, -0.05) is 12.1 Å². The van der Waals surface area contributed by atoms with Crippen molar-refractivity contribution in [2.75, 3.05) is 6.61 Å². The molecule has 8 heteroatoms. The van der Waals surface area contributed by atoms with Gasteiger partial charge < -0.3 is 9.84 Å². The van der Waals surface area contributed by atoms with Gasteiger partial charge >= 0.3 is 57.4 Å². The Morgan fingerprint density at radius 1 is 1.30 bits per heavy atom. The first-order valence-corrected chi connectivity index (χ1v) is 7.25. The van der Waals surface area contributed by atoms with Gasteiger partial charge in [-0.2, -0.15) is 8.42 Å². The van der Waals surface area contributed by atoms with Crippen LogP contribution in [0.4, 0.5) is 0 Å². The molecule has 0 aromatic heterocycles. The predicted octanol–water partition coefficient (Wildman–Crippen LogP) is 0.354. The fourth-order valence-electron chi connectivity index (χ4n) is 1.46. The molecule has 0 aliphatic carbocycles. The summed E-state index contributed by atoms with van der Waals surface area (Å²) in [6.07, 6.45) is 0.154. The molecule has 0 fully saturated rings. The molecule has 108 valence electrons. The van der Waals surface area contributed by atoms with Crippen LogP contribution >= 0.6 is 0 Å². The van der Waals surface area contributed by atoms with Crippen LogP contribution in [-0.4, -0.2) is 87.5 Å². The number of aryl methyl sites for hydroxylation is 1. The molecule has 20 heavy (non-hydrogen) atoms. The minimum absolute atomic E-state index is 0. The second-order valence-electron chi connectivity index (χ2n) is 3.93. The normalized spacial score (nSPS) is 12.3. The first-order valence-electron chi connectivity index (χ1n) is 5.75. The Kier molecular flexibility index (Phi) is 9.35. The quantitative estimate of drug-likeness (QED) is 0.444. The van der Waals surface area contributed by atoms with E-state index in [0.717, 1.165) is 5.56 Å². The molecule has 0 aliphatic heterocycles. The van der Waals surface area contributed by atoms with Crippen molar-refractivity contribution in [3.63, 3.8) is 0 Å². The van der Waals surface area contributed by atoms with Crippen molar-refractivity contribution < 1.29 is 27.6 Å². The van der Waals surface area contributed by atoms with Gasteiger partial charge in [0, 0.05) is 0 Å². The van der Waals surface area contributed by atoms with Gasteiger partial charge in [0.05, 0.1) is 12.2 Å². The summed E-state index contributed by atoms with van der Waals surface area (Å²) in [7, 11) is -4.42. The van der Waals surface area contributed by atoms with Crippen LogP contribution in [0.3, 0.4) is 0 Å². The molecule has 1 unspecified atom stereocenters. The van der Waals surface area contributed by atoms with E-state index in [2.05, 4.69) is 0 Å². The summed E-state index contributed by atoms with van der Waals surface area (Å²) >= 11 is 0. The molecule has 0 aliphatic rings. The second kappa shape index (κ2) is 9.26. The van der Waals surface area contributed by atoms with E-state index < -0.39 is 21.5 Å². The van der Waals surface area contributed by atoms with Crippen molar-refractivity contribution in [3.8, 4) is 0 Å². The first-order chi connectivity index (χ1) is 8.84. The number of aliphatic hydroxyl groups is 1. The van der Waals surface area contributed by atoms with E-state index in [1.807, 2.05) is 0 Å². The molecule has 0 saturated heterocycles. The third kappa shape index (κ3) is 6.77. The van der Waals surface area contributed by atoms with Crippen LogP contribution in [0.2, 0.25) is 0 Å². The Morgan fingerprint density at radius 2 is 1.85 bits per heavy atom. The van der Waals surface area contributed by atoms with E-state index in [9.17, 15) is 13.2 Å². The predicted molar refractivity (Wildman–Crippen MR) is 75.4 cm³/mol. The van der Waals surface area contributed by atoms with Gasteiger partial charge in [-0.05, 0) is 37.5 Å². The van der Waals surface area contributed by atoms with Crippen molar-refractivity contribution in [1.29, 1.82) is 0 Å². The zero-order valence-electron chi connectivity index (χ0n) is 10.4. The van der Waals surface area contributed by atoms with Gasteiger partial charge in [0.15, 0.2) is 5.44 Å². The number of carbonyl (C=O) groups is 1. The van der Waals surface area contributed by atoms with Gasteiger partial charge in [-0.25, -0.2) is 4.79 Å². The van der Waals surface area contributed by atoms with Crippen molar-refractivity contribution in [2.24, 2.45) is 0 Å². The summed E-state index contributed by atoms with van der Waals surface area (Å²) in [6, 6.07) is 6.41. The molecular weight excluding hydrogens is 311 g/mol. The topological polar surface area (TPSA) is 101 Å². The monoisotopic (exact) mass is 328 g/mol. The fourth-order valence-corrected chi connectivity index (χ4v) is 1.88. The molecule has 0 amide bonds. The number of hydrogen-bond donors (Lipinski definition) is 2. The van der Waals surface area contributed by atoms with Crippen LogP contribution in [0.15, 0.2) is 24.3 Å². The summed E-state index contributed by atoms with van der Waals surface area (Å²) in [5.74, 6) is -0.424. The third-order valence-corrected chi connectivity index (χ3v) is 3.41. The molecule has 0 heterocycles. The van der Waals surface area contributed by atoms with Gasteiger partial charge in [-0.15, -0.1) is 0 Å². The van der Waals surface area contributed by atoms with Crippen LogP contribution in [-0.2, 0) is 21.3 Å². The van der Waals surface area contributed by atoms with E-state index in [0.29, 0.717) is 12.2 Å². The maximum atomic E-state index is 11.4. The minimum atomic E-state index is -4.42. The van der Waals surface area contributed by atoms with E-state index in [1.54, 1.807) is 31.2 Å². The Balaban J connectivity index is 0.00000361. The van der Waals surface area contributed by atoms with Crippen molar-refractivity contribution in [3.05, 3.63) is 35.4 Å². The summed E-state index contributed by atoms with van der Waals surface area (Å²) in [6.45, 7) is 2.00. The van der Waals surface area contributed by atoms with Gasteiger partial charge in [0.2, 0.25) is 0 Å². The molecule has 0 radical (unpaired) electrons. The molecule has 6 nitrogen and oxygen atoms in total. The molecule has 0 saturated carbocycles. The van der Waals surface area contributed by atoms with Crippen molar-refractivity contribution in [2.45, 2.75) is 25.2 Å². The molecule has 1 atom stereocenters. The maximum absolute atomic E-state index is 11.4. The van der Waals surface area contributed by atoms with Crippen LogP contribution < -0.4 is 0 Å². The van der Waals surface area contributed by atoms with Crippen molar-refractivity contribution in [1.82, 2.24) is 0 Å². The van der Waals surface area contributed by atoms with E-state index in [-0.39, 0.29) is 64.2 Å². The summed E-state index contributed by atoms with van der Waals surface area (Å²) in [5, 5.41) is 9.15. The zero-order valence-corrected chi connectivity index (χ0v) is 11.3. The van der Waals surface area contributed by atoms with E-state index >= 15 is 0 Å². The molecular formula is C12H17KO6S. The fraction of sp³-hybridized carbons (Fsp3) is 0.417. The SMILES string of the molecule is CCOC(=O)c1ccc(CCC(O)S(=O)(=O)O)cc1.[KH]. The Bertz CT molecular complexity index is 525. The first kappa shape index (κ1) is 20.2. The average Bonchev–Trinajstić information content (AvgIpc) is 2.35. The molecule has 1 rings (SSSR count). The van der Waals surface area contributed by atoms with Gasteiger partial charge in [0.25, 0.3) is 10.1 Å². The number of esters is 1. The number of rotatable bonds is 6. The van der Waals surface area contributed by atoms with Crippen LogP contribution in [0.25, 0.3) is 0 Å². The zero-order chi connectivity index (χ0) is 14.5. The van der Waals surface area contributed by atoms with Crippen molar-refractivity contribution >= 4 is 67.5 Å². The number of benzene rings is 1. The second-order valence-corrected chi connectivity index (χ2v) is 5.50. The standard InChI is InChI=1S/C12H16O6S.K.H/c1-2-18-12(14)10-6-3-9(4-7-10)5-8-11(13)19(15,16)17;;/h3-4,6-7,11,13H,2,5,8H2,1H3,(H,15,16,17);;. The Morgan fingerprint density at radius 3 is 2.30 bits per heavy atom. The van der Waals surface area contributed by atoms with Gasteiger partial charge in [0.1, 0.15) is 0 Å². The summed E-state index contributed by atoms with van der Waals surface area (Å²) < 4.78 is 34.6. The molecule has 1 aromatic rings. The average molecular weight is 328 g/mol. The van der Waals surface area contributed by atoms with Crippen LogP contribution in [0, 0.1) is 0 Å². The van der Waals surface area contributed by atoms with Crippen LogP contribution in [0.1, 0.15) is 29.3 Å². The molecule has 0 spiro atoms. The molecule has 0 bridgehead atoms. The molecule has 2 N–H and O–H groups in total. The Labute approximate surface area is 160 Å². The number of aliphatic hydroxyl groups excluding tert-OH is 1. The summed E-state index contributed by atoms with van der Waals surface area (Å²) in [5.41, 5.74) is -0.645. The Hall–Kier alpha value is 0.196. The third-order valence-electron chi connectivity index (χ3n) is 2.49. The number of hydrogen-bond acceptors (Lipinski definition) is 5. The van der Waals surface area contributed by atoms with E-state index in [1.165, 1.54) is 0 Å². The van der Waals surface area contributed by atoms with Crippen LogP contribution in [0.5, 0.6) is 0 Å². The number of ether oxygens (including phenoxy) is 1.